The number of likely N-dealkylation sites (N-methyl/N-ethyl adjacent to an activating group) is 1. The first-order valence-corrected chi connectivity index (χ1v) is 17.1. The molecule has 2 aliphatic rings. The Labute approximate surface area is 278 Å². The third-order valence-corrected chi connectivity index (χ3v) is 9.37. The molecule has 2 aromatic rings. The smallest absolute Gasteiger partial charge is 0.323 e. The van der Waals surface area contributed by atoms with Gasteiger partial charge in [0, 0.05) is 44.3 Å². The maximum Gasteiger partial charge on any atom is 0.323 e. The highest BCUT2D eigenvalue weighted by Crippen LogP contribution is 2.30. The van der Waals surface area contributed by atoms with Crippen molar-refractivity contribution < 1.29 is 33.5 Å². The monoisotopic (exact) mass is 655 g/mol. The van der Waals surface area contributed by atoms with Crippen LogP contribution < -0.4 is 15.4 Å². The second-order valence-electron chi connectivity index (χ2n) is 13.3. The van der Waals surface area contributed by atoms with Crippen LogP contribution >= 0.6 is 0 Å². The molecule has 1 fully saturated rings. The maximum absolute atomic E-state index is 14.4. The predicted octanol–water partition coefficient (Wildman–Crippen LogP) is 5.77. The molecule has 1 aliphatic carbocycles. The molecular formula is C35H53N5O7. The van der Waals surface area contributed by atoms with Crippen molar-refractivity contribution in [3.63, 3.8) is 0 Å². The summed E-state index contributed by atoms with van der Waals surface area (Å²) < 4.78 is 17.9. The summed E-state index contributed by atoms with van der Waals surface area (Å²) in [4.78, 5) is 44.0. The van der Waals surface area contributed by atoms with E-state index >= 15 is 0 Å². The number of hydrogen-bond donors (Lipinski definition) is 3. The van der Waals surface area contributed by atoms with Gasteiger partial charge in [-0.2, -0.15) is 0 Å². The number of urea groups is 1. The van der Waals surface area contributed by atoms with Gasteiger partial charge in [-0.1, -0.05) is 31.3 Å². The second kappa shape index (κ2) is 17.0. The van der Waals surface area contributed by atoms with Crippen molar-refractivity contribution in [2.24, 2.45) is 11.8 Å². The summed E-state index contributed by atoms with van der Waals surface area (Å²) in [5.41, 5.74) is 1.70. The van der Waals surface area contributed by atoms with Crippen LogP contribution in [0.5, 0.6) is 5.75 Å². The normalized spacial score (nSPS) is 22.4. The molecule has 3 N–H and O–H groups in total. The third kappa shape index (κ3) is 9.70. The van der Waals surface area contributed by atoms with Crippen LogP contribution in [0.3, 0.4) is 0 Å². The zero-order chi connectivity index (χ0) is 34.1. The van der Waals surface area contributed by atoms with Gasteiger partial charge in [0.05, 0.1) is 30.4 Å². The summed E-state index contributed by atoms with van der Waals surface area (Å²) in [7, 11) is 1.85. The topological polar surface area (TPSA) is 146 Å². The van der Waals surface area contributed by atoms with Gasteiger partial charge in [0.1, 0.15) is 17.1 Å². The van der Waals surface area contributed by atoms with Crippen LogP contribution in [0.4, 0.5) is 16.2 Å². The fourth-order valence-electron chi connectivity index (χ4n) is 6.42. The average molecular weight is 656 g/mol. The summed E-state index contributed by atoms with van der Waals surface area (Å²) in [5, 5.41) is 19.7. The van der Waals surface area contributed by atoms with Crippen LogP contribution in [0, 0.1) is 25.7 Å². The number of hydrogen-bond acceptors (Lipinski definition) is 8. The molecule has 1 saturated carbocycles. The van der Waals surface area contributed by atoms with Gasteiger partial charge in [0.2, 0.25) is 5.91 Å². The number of aliphatic hydroxyl groups excluding tert-OH is 1. The van der Waals surface area contributed by atoms with Crippen molar-refractivity contribution in [2.45, 2.75) is 104 Å². The van der Waals surface area contributed by atoms with E-state index in [1.54, 1.807) is 48.8 Å². The first-order valence-electron chi connectivity index (χ1n) is 17.1. The SMILES string of the molecule is Cc1noc(C)c1NC(=O)Nc1ccc2c(c1)C(=O)N([C@H](C)CO)C[C@H](C)[C@H](CN(C)C(=O)C1CCCCC1)OCCCC[C@H](C)O2. The number of anilines is 2. The number of nitrogens with zero attached hydrogens (tertiary/aromatic N) is 3. The molecule has 4 atom stereocenters. The van der Waals surface area contributed by atoms with E-state index in [0.717, 1.165) is 44.9 Å². The molecule has 1 aromatic heterocycles. The average Bonchev–Trinajstić information content (AvgIpc) is 3.37. The molecule has 12 heteroatoms. The first-order chi connectivity index (χ1) is 22.5. The van der Waals surface area contributed by atoms with Crippen LogP contribution in [0.15, 0.2) is 22.7 Å². The number of rotatable bonds is 7. The van der Waals surface area contributed by atoms with Gasteiger partial charge in [-0.3, -0.25) is 9.59 Å². The Morgan fingerprint density at radius 2 is 1.81 bits per heavy atom. The van der Waals surface area contributed by atoms with E-state index in [0.29, 0.717) is 41.7 Å². The Hall–Kier alpha value is -3.64. The molecule has 260 valence electrons. The first kappa shape index (κ1) is 36.2. The minimum absolute atomic E-state index is 0.0577. The number of ether oxygens (including phenoxy) is 2. The number of carbonyl (C=O) groups is 3. The summed E-state index contributed by atoms with van der Waals surface area (Å²) in [6.07, 6.45) is 7.20. The van der Waals surface area contributed by atoms with E-state index in [-0.39, 0.29) is 54.6 Å². The molecule has 12 nitrogen and oxygen atoms in total. The fourth-order valence-corrected chi connectivity index (χ4v) is 6.42. The number of nitrogens with one attached hydrogen (secondary N) is 2. The molecule has 0 spiro atoms. The number of aliphatic hydroxyl groups is 1. The highest BCUT2D eigenvalue weighted by atomic mass is 16.5. The quantitative estimate of drug-likeness (QED) is 0.341. The number of fused-ring (bicyclic) bond motifs is 1. The minimum atomic E-state index is -0.511. The van der Waals surface area contributed by atoms with Crippen molar-refractivity contribution in [3.05, 3.63) is 35.2 Å². The molecule has 0 unspecified atom stereocenters. The lowest BCUT2D eigenvalue weighted by molar-refractivity contribution is -0.137. The largest absolute Gasteiger partial charge is 0.490 e. The summed E-state index contributed by atoms with van der Waals surface area (Å²) >= 11 is 0. The summed E-state index contributed by atoms with van der Waals surface area (Å²) in [6.45, 7) is 10.2. The van der Waals surface area contributed by atoms with Gasteiger partial charge in [0.15, 0.2) is 5.76 Å². The molecule has 4 rings (SSSR count). The number of aryl methyl sites for hydroxylation is 2. The van der Waals surface area contributed by atoms with Crippen molar-refractivity contribution in [1.29, 1.82) is 0 Å². The summed E-state index contributed by atoms with van der Waals surface area (Å²) in [6, 6.07) is 3.98. The third-order valence-electron chi connectivity index (χ3n) is 9.37. The molecule has 4 amide bonds. The molecule has 1 aliphatic heterocycles. The molecule has 0 saturated heterocycles. The number of aromatic nitrogens is 1. The lowest BCUT2D eigenvalue weighted by atomic mass is 9.88. The van der Waals surface area contributed by atoms with Gasteiger partial charge in [-0.05, 0) is 78.0 Å². The van der Waals surface area contributed by atoms with Crippen LogP contribution in [0.2, 0.25) is 0 Å². The molecule has 0 radical (unpaired) electrons. The van der Waals surface area contributed by atoms with Crippen molar-refractivity contribution >= 4 is 29.2 Å². The predicted molar refractivity (Wildman–Crippen MR) is 180 cm³/mol. The molecule has 1 aromatic carbocycles. The Bertz CT molecular complexity index is 1340. The molecule has 47 heavy (non-hydrogen) atoms. The lowest BCUT2D eigenvalue weighted by Gasteiger charge is -2.36. The number of carbonyl (C=O) groups excluding carboxylic acids is 3. The van der Waals surface area contributed by atoms with Gasteiger partial charge in [0.25, 0.3) is 5.91 Å². The summed E-state index contributed by atoms with van der Waals surface area (Å²) in [5.74, 6) is 0.622. The number of amides is 4. The van der Waals surface area contributed by atoms with Crippen LogP contribution in [-0.2, 0) is 9.53 Å². The van der Waals surface area contributed by atoms with Gasteiger partial charge in [-0.25, -0.2) is 4.79 Å². The molecule has 0 bridgehead atoms. The Kier molecular flexibility index (Phi) is 13.1. The van der Waals surface area contributed by atoms with E-state index in [1.807, 2.05) is 20.9 Å². The zero-order valence-electron chi connectivity index (χ0n) is 28.8. The Morgan fingerprint density at radius 1 is 1.09 bits per heavy atom. The molecular weight excluding hydrogens is 602 g/mol. The van der Waals surface area contributed by atoms with E-state index in [9.17, 15) is 19.5 Å². The standard InChI is InChI=1S/C35H53N5O7/c1-22-19-40(23(2)21-41)34(43)29-18-28(36-35(44)37-32-25(4)38-47-26(32)5)15-16-30(29)46-24(3)12-10-11-17-45-31(22)20-39(6)33(42)27-13-8-7-9-14-27/h15-16,18,22-24,27,31,41H,7-14,17,19-21H2,1-6H3,(H2,36,37,44)/t22-,23+,24-,31-/m0/s1. The highest BCUT2D eigenvalue weighted by molar-refractivity contribution is 6.03. The maximum atomic E-state index is 14.4. The highest BCUT2D eigenvalue weighted by Gasteiger charge is 2.32. The van der Waals surface area contributed by atoms with E-state index in [4.69, 9.17) is 14.0 Å². The van der Waals surface area contributed by atoms with Gasteiger partial charge < -0.3 is 39.5 Å². The van der Waals surface area contributed by atoms with Crippen molar-refractivity contribution in [3.8, 4) is 5.75 Å². The van der Waals surface area contributed by atoms with Crippen molar-refractivity contribution in [1.82, 2.24) is 15.0 Å². The van der Waals surface area contributed by atoms with Crippen LogP contribution in [0.25, 0.3) is 0 Å². The van der Waals surface area contributed by atoms with Crippen molar-refractivity contribution in [2.75, 3.05) is 44.0 Å². The van der Waals surface area contributed by atoms with Gasteiger partial charge in [-0.15, -0.1) is 0 Å². The van der Waals surface area contributed by atoms with Crippen LogP contribution in [0.1, 0.15) is 93.9 Å². The van der Waals surface area contributed by atoms with E-state index < -0.39 is 12.1 Å². The molecule has 2 heterocycles. The van der Waals surface area contributed by atoms with E-state index in [2.05, 4.69) is 15.8 Å². The Morgan fingerprint density at radius 3 is 2.49 bits per heavy atom. The van der Waals surface area contributed by atoms with E-state index in [1.165, 1.54) is 6.42 Å². The second-order valence-corrected chi connectivity index (χ2v) is 13.3. The lowest BCUT2D eigenvalue weighted by Crippen LogP contribution is -2.48. The van der Waals surface area contributed by atoms with Gasteiger partial charge >= 0.3 is 6.03 Å². The van der Waals surface area contributed by atoms with Crippen LogP contribution in [-0.4, -0.2) is 89.5 Å². The zero-order valence-corrected chi connectivity index (χ0v) is 28.8. The Balaban J connectivity index is 1.59. The number of benzene rings is 1. The minimum Gasteiger partial charge on any atom is -0.490 e. The fraction of sp³-hybridized carbons (Fsp3) is 0.657.